The second kappa shape index (κ2) is 10.2. The quantitative estimate of drug-likeness (QED) is 0.142. The molecule has 1 aromatic heterocycles. The zero-order chi connectivity index (χ0) is 24.2. The van der Waals surface area contributed by atoms with Gasteiger partial charge in [0.15, 0.2) is 5.11 Å². The molecule has 0 aliphatic carbocycles. The van der Waals surface area contributed by atoms with E-state index in [1.807, 2.05) is 72.8 Å². The standard InChI is InChI=1S/C29H22N2O2S2/c32-25(28(33)27-18-21-7-2-4-11-26(21)35-27)17-14-19-12-15-22(16-13-19)30-29(34)31-24-10-5-8-20-6-1-3-9-23(20)24/h1-13,15-16,18H,14,17H2,(H2,30,31,34). The molecule has 172 valence electrons. The number of rotatable bonds is 7. The van der Waals surface area contributed by atoms with Crippen LogP contribution in [0.3, 0.4) is 0 Å². The number of carbonyl (C=O) groups excluding carboxylic acids is 2. The van der Waals surface area contributed by atoms with Gasteiger partial charge in [0.2, 0.25) is 11.6 Å². The first-order valence-electron chi connectivity index (χ1n) is 11.3. The van der Waals surface area contributed by atoms with Crippen LogP contribution >= 0.6 is 23.6 Å². The van der Waals surface area contributed by atoms with Crippen molar-refractivity contribution in [1.29, 1.82) is 0 Å². The van der Waals surface area contributed by atoms with Crippen molar-refractivity contribution in [3.8, 4) is 0 Å². The number of benzene rings is 4. The molecule has 0 saturated carbocycles. The molecular formula is C29H22N2O2S2. The molecule has 4 nitrogen and oxygen atoms in total. The van der Waals surface area contributed by atoms with Crippen molar-refractivity contribution < 1.29 is 9.59 Å². The second-order valence-corrected chi connectivity index (χ2v) is 9.70. The Hall–Kier alpha value is -3.87. The topological polar surface area (TPSA) is 58.2 Å². The van der Waals surface area contributed by atoms with E-state index in [-0.39, 0.29) is 12.2 Å². The molecule has 0 spiro atoms. The summed E-state index contributed by atoms with van der Waals surface area (Å²) in [4.78, 5) is 25.6. The molecule has 0 amide bonds. The molecule has 2 N–H and O–H groups in total. The van der Waals surface area contributed by atoms with Gasteiger partial charge in [-0.15, -0.1) is 11.3 Å². The van der Waals surface area contributed by atoms with Gasteiger partial charge in [0.1, 0.15) is 0 Å². The minimum Gasteiger partial charge on any atom is -0.332 e. The molecule has 6 heteroatoms. The third kappa shape index (κ3) is 5.29. The number of carbonyl (C=O) groups is 2. The number of Topliss-reactive ketones (excluding diaryl/α,β-unsaturated/α-hetero) is 2. The number of nitrogens with one attached hydrogen (secondary N) is 2. The molecule has 4 aromatic carbocycles. The Morgan fingerprint density at radius 2 is 1.49 bits per heavy atom. The van der Waals surface area contributed by atoms with E-state index in [1.165, 1.54) is 11.3 Å². The zero-order valence-electron chi connectivity index (χ0n) is 18.8. The fraction of sp³-hybridized carbons (Fsp3) is 0.0690. The first-order chi connectivity index (χ1) is 17.1. The lowest BCUT2D eigenvalue weighted by atomic mass is 10.0. The van der Waals surface area contributed by atoms with Crippen LogP contribution in [-0.2, 0) is 11.2 Å². The Morgan fingerprint density at radius 1 is 0.771 bits per heavy atom. The van der Waals surface area contributed by atoms with Gasteiger partial charge >= 0.3 is 0 Å². The van der Waals surface area contributed by atoms with Crippen LogP contribution in [0.4, 0.5) is 11.4 Å². The van der Waals surface area contributed by atoms with Crippen LogP contribution in [0.25, 0.3) is 20.9 Å². The van der Waals surface area contributed by atoms with Gasteiger partial charge in [0.25, 0.3) is 0 Å². The van der Waals surface area contributed by atoms with E-state index < -0.39 is 5.78 Å². The number of hydrogen-bond acceptors (Lipinski definition) is 4. The Bertz CT molecular complexity index is 1520. The van der Waals surface area contributed by atoms with Gasteiger partial charge < -0.3 is 10.6 Å². The Morgan fingerprint density at radius 3 is 2.29 bits per heavy atom. The van der Waals surface area contributed by atoms with Crippen LogP contribution in [0.1, 0.15) is 21.7 Å². The van der Waals surface area contributed by atoms with Crippen LogP contribution in [-0.4, -0.2) is 16.7 Å². The summed E-state index contributed by atoms with van der Waals surface area (Å²) in [6.07, 6.45) is 0.690. The van der Waals surface area contributed by atoms with Crippen molar-refractivity contribution >= 4 is 72.5 Å². The second-order valence-electron chi connectivity index (χ2n) is 8.20. The Balaban J connectivity index is 1.16. The van der Waals surface area contributed by atoms with Crippen molar-refractivity contribution in [2.45, 2.75) is 12.8 Å². The highest BCUT2D eigenvalue weighted by atomic mass is 32.1. The summed E-state index contributed by atoms with van der Waals surface area (Å²) < 4.78 is 1.01. The third-order valence-corrected chi connectivity index (χ3v) is 7.11. The maximum atomic E-state index is 12.6. The molecule has 5 aromatic rings. The molecule has 0 aliphatic heterocycles. The lowest BCUT2D eigenvalue weighted by molar-refractivity contribution is -0.115. The zero-order valence-corrected chi connectivity index (χ0v) is 20.4. The maximum Gasteiger partial charge on any atom is 0.238 e. The van der Waals surface area contributed by atoms with Crippen LogP contribution < -0.4 is 10.6 Å². The van der Waals surface area contributed by atoms with Crippen molar-refractivity contribution in [3.63, 3.8) is 0 Å². The summed E-state index contributed by atoms with van der Waals surface area (Å²) in [6, 6.07) is 31.5. The fourth-order valence-corrected chi connectivity index (χ4v) is 5.22. The maximum absolute atomic E-state index is 12.6. The molecular weight excluding hydrogens is 472 g/mol. The number of anilines is 2. The van der Waals surface area contributed by atoms with Gasteiger partial charge in [-0.05, 0) is 65.3 Å². The van der Waals surface area contributed by atoms with Crippen molar-refractivity contribution in [2.75, 3.05) is 10.6 Å². The molecule has 0 atom stereocenters. The van der Waals surface area contributed by atoms with Gasteiger partial charge in [0, 0.05) is 27.9 Å². The van der Waals surface area contributed by atoms with E-state index in [1.54, 1.807) is 6.07 Å². The van der Waals surface area contributed by atoms with Crippen molar-refractivity contribution in [3.05, 3.63) is 108 Å². The summed E-state index contributed by atoms with van der Waals surface area (Å²) >= 11 is 6.86. The van der Waals surface area contributed by atoms with E-state index in [0.717, 1.165) is 37.8 Å². The lowest BCUT2D eigenvalue weighted by Crippen LogP contribution is -2.19. The number of thiocarbonyl (C=S) groups is 1. The predicted octanol–water partition coefficient (Wildman–Crippen LogP) is 7.25. The summed E-state index contributed by atoms with van der Waals surface area (Å²) in [6.45, 7) is 0. The number of ketones is 2. The lowest BCUT2D eigenvalue weighted by Gasteiger charge is -2.13. The number of aryl methyl sites for hydroxylation is 1. The molecule has 0 unspecified atom stereocenters. The molecule has 5 rings (SSSR count). The highest BCUT2D eigenvalue weighted by Gasteiger charge is 2.18. The average Bonchev–Trinajstić information content (AvgIpc) is 3.32. The number of hydrogen-bond donors (Lipinski definition) is 2. The minimum absolute atomic E-state index is 0.181. The van der Waals surface area contributed by atoms with E-state index in [0.29, 0.717) is 16.4 Å². The van der Waals surface area contributed by atoms with Crippen LogP contribution in [0.15, 0.2) is 97.1 Å². The molecule has 0 fully saturated rings. The first-order valence-corrected chi connectivity index (χ1v) is 12.5. The molecule has 0 aliphatic rings. The highest BCUT2D eigenvalue weighted by molar-refractivity contribution is 7.80. The number of fused-ring (bicyclic) bond motifs is 2. The largest absolute Gasteiger partial charge is 0.332 e. The summed E-state index contributed by atoms with van der Waals surface area (Å²) in [7, 11) is 0. The van der Waals surface area contributed by atoms with Crippen LogP contribution in [0.2, 0.25) is 0 Å². The fourth-order valence-electron chi connectivity index (χ4n) is 3.98. The molecule has 1 heterocycles. The summed E-state index contributed by atoms with van der Waals surface area (Å²) in [5.41, 5.74) is 2.78. The molecule has 0 radical (unpaired) electrons. The van der Waals surface area contributed by atoms with E-state index in [2.05, 4.69) is 28.8 Å². The third-order valence-electron chi connectivity index (χ3n) is 5.79. The van der Waals surface area contributed by atoms with E-state index in [9.17, 15) is 9.59 Å². The SMILES string of the molecule is O=C(CCc1ccc(NC(=S)Nc2cccc3ccccc23)cc1)C(=O)c1cc2ccccc2s1. The van der Waals surface area contributed by atoms with E-state index in [4.69, 9.17) is 12.2 Å². The van der Waals surface area contributed by atoms with Crippen molar-refractivity contribution in [2.24, 2.45) is 0 Å². The van der Waals surface area contributed by atoms with Gasteiger partial charge in [-0.25, -0.2) is 0 Å². The molecule has 0 saturated heterocycles. The minimum atomic E-state index is -0.408. The Kier molecular flexibility index (Phi) is 6.66. The van der Waals surface area contributed by atoms with E-state index >= 15 is 0 Å². The first kappa shape index (κ1) is 22.9. The smallest absolute Gasteiger partial charge is 0.238 e. The normalized spacial score (nSPS) is 10.9. The van der Waals surface area contributed by atoms with Gasteiger partial charge in [-0.1, -0.05) is 66.7 Å². The monoisotopic (exact) mass is 494 g/mol. The van der Waals surface area contributed by atoms with Crippen molar-refractivity contribution in [1.82, 2.24) is 0 Å². The number of thiophene rings is 1. The average molecular weight is 495 g/mol. The van der Waals surface area contributed by atoms with Crippen LogP contribution in [0.5, 0.6) is 0 Å². The highest BCUT2D eigenvalue weighted by Crippen LogP contribution is 2.26. The van der Waals surface area contributed by atoms with Gasteiger partial charge in [0.05, 0.1) is 4.88 Å². The van der Waals surface area contributed by atoms with Gasteiger partial charge in [-0.3, -0.25) is 9.59 Å². The molecule has 35 heavy (non-hydrogen) atoms. The van der Waals surface area contributed by atoms with Gasteiger partial charge in [-0.2, -0.15) is 0 Å². The summed E-state index contributed by atoms with van der Waals surface area (Å²) in [5, 5.41) is 10.2. The van der Waals surface area contributed by atoms with Crippen LogP contribution in [0, 0.1) is 0 Å². The molecule has 0 bridgehead atoms. The summed E-state index contributed by atoms with van der Waals surface area (Å²) in [5.74, 6) is -0.770. The Labute approximate surface area is 212 Å². The predicted molar refractivity (Wildman–Crippen MR) is 150 cm³/mol.